The fourth-order valence-corrected chi connectivity index (χ4v) is 3.61. The number of thioether (sulfide) groups is 1. The van der Waals surface area contributed by atoms with Gasteiger partial charge in [0, 0.05) is 5.75 Å². The third kappa shape index (κ3) is 4.65. The minimum Gasteiger partial charge on any atom is -0.259 e. The lowest BCUT2D eigenvalue weighted by atomic mass is 10.1. The first kappa shape index (κ1) is 20.0. The molecule has 2 heterocycles. The summed E-state index contributed by atoms with van der Waals surface area (Å²) >= 11 is 1.62. The van der Waals surface area contributed by atoms with Crippen molar-refractivity contribution in [2.75, 3.05) is 11.2 Å². The molecule has 7 nitrogen and oxygen atoms in total. The molecule has 4 rings (SSSR count). The van der Waals surface area contributed by atoms with Gasteiger partial charge in [-0.25, -0.2) is 14.6 Å². The summed E-state index contributed by atoms with van der Waals surface area (Å²) in [5, 5.41) is 13.9. The summed E-state index contributed by atoms with van der Waals surface area (Å²) in [5.41, 5.74) is 7.44. The van der Waals surface area contributed by atoms with Gasteiger partial charge in [0.05, 0.1) is 12.3 Å². The van der Waals surface area contributed by atoms with Crippen LogP contribution >= 0.6 is 11.8 Å². The van der Waals surface area contributed by atoms with E-state index in [1.165, 1.54) is 0 Å². The third-order valence-electron chi connectivity index (χ3n) is 4.47. The normalized spacial score (nSPS) is 11.7. The summed E-state index contributed by atoms with van der Waals surface area (Å²) < 4.78 is 1.81. The Bertz CT molecular complexity index is 1140. The third-order valence-corrected chi connectivity index (χ3v) is 5.53. The van der Waals surface area contributed by atoms with Crippen LogP contribution in [-0.4, -0.2) is 36.4 Å². The van der Waals surface area contributed by atoms with Crippen molar-refractivity contribution in [3.8, 4) is 0 Å². The van der Waals surface area contributed by atoms with Crippen LogP contribution in [0.5, 0.6) is 0 Å². The molecular formula is C22H23N7S. The summed E-state index contributed by atoms with van der Waals surface area (Å²) in [4.78, 5) is 9.36. The van der Waals surface area contributed by atoms with Gasteiger partial charge in [-0.2, -0.15) is 5.10 Å². The molecule has 0 amide bonds. The van der Waals surface area contributed by atoms with Gasteiger partial charge in [0.2, 0.25) is 0 Å². The van der Waals surface area contributed by atoms with Crippen molar-refractivity contribution in [2.24, 2.45) is 5.10 Å². The van der Waals surface area contributed by atoms with E-state index in [1.54, 1.807) is 16.4 Å². The van der Waals surface area contributed by atoms with E-state index in [0.717, 1.165) is 29.0 Å². The minimum atomic E-state index is 0.563. The molecule has 30 heavy (non-hydrogen) atoms. The van der Waals surface area contributed by atoms with E-state index in [4.69, 9.17) is 4.98 Å². The first-order valence-electron chi connectivity index (χ1n) is 9.88. The summed E-state index contributed by atoms with van der Waals surface area (Å²) in [6.45, 7) is 4.69. The Hall–Kier alpha value is -3.26. The standard InChI is InChI=1S/C22H23N7S/c1-3-14-30-22-23-20(27-25-16(2)18-12-8-5-9-13-18)19-21(24-22)29(28-26-19)15-17-10-6-4-7-11-17/h4-13H,3,14-15H2,1-2H3,(H,23,24,27)/b25-16+. The zero-order valence-electron chi connectivity index (χ0n) is 17.0. The molecule has 8 heteroatoms. The molecule has 0 aliphatic heterocycles. The van der Waals surface area contributed by atoms with Crippen molar-refractivity contribution >= 4 is 34.5 Å². The van der Waals surface area contributed by atoms with E-state index >= 15 is 0 Å². The Morgan fingerprint density at radius 1 is 1.03 bits per heavy atom. The lowest BCUT2D eigenvalue weighted by molar-refractivity contribution is 0.661. The quantitative estimate of drug-likeness (QED) is 0.195. The molecule has 0 fully saturated rings. The Morgan fingerprint density at radius 2 is 1.77 bits per heavy atom. The molecule has 0 aliphatic rings. The summed E-state index contributed by atoms with van der Waals surface area (Å²) in [6, 6.07) is 20.2. The molecule has 0 saturated carbocycles. The zero-order chi connectivity index (χ0) is 20.8. The van der Waals surface area contributed by atoms with Crippen LogP contribution in [-0.2, 0) is 6.54 Å². The molecule has 2 aromatic heterocycles. The van der Waals surface area contributed by atoms with Crippen molar-refractivity contribution in [3.05, 3.63) is 71.8 Å². The fourth-order valence-electron chi connectivity index (χ4n) is 2.92. The molecule has 0 unspecified atom stereocenters. The number of aromatic nitrogens is 5. The molecular weight excluding hydrogens is 394 g/mol. The lowest BCUT2D eigenvalue weighted by Crippen LogP contribution is -2.05. The number of rotatable bonds is 8. The number of hydrogen-bond acceptors (Lipinski definition) is 7. The molecule has 0 aliphatic carbocycles. The first-order chi connectivity index (χ1) is 14.7. The highest BCUT2D eigenvalue weighted by Gasteiger charge is 2.15. The number of hydrazone groups is 1. The van der Waals surface area contributed by atoms with E-state index < -0.39 is 0 Å². The maximum atomic E-state index is 4.72. The zero-order valence-corrected chi connectivity index (χ0v) is 17.8. The molecule has 0 bridgehead atoms. The monoisotopic (exact) mass is 417 g/mol. The molecule has 0 spiro atoms. The maximum absolute atomic E-state index is 4.72. The van der Waals surface area contributed by atoms with Crippen molar-refractivity contribution in [1.82, 2.24) is 25.0 Å². The second-order valence-corrected chi connectivity index (χ2v) is 7.85. The Labute approximate surface area is 179 Å². The molecule has 0 atom stereocenters. The predicted molar refractivity (Wildman–Crippen MR) is 122 cm³/mol. The van der Waals surface area contributed by atoms with E-state index in [0.29, 0.717) is 28.7 Å². The average Bonchev–Trinajstić information content (AvgIpc) is 3.19. The van der Waals surface area contributed by atoms with Crippen molar-refractivity contribution in [1.29, 1.82) is 0 Å². The highest BCUT2D eigenvalue weighted by atomic mass is 32.2. The second kappa shape index (κ2) is 9.49. The highest BCUT2D eigenvalue weighted by Crippen LogP contribution is 2.24. The summed E-state index contributed by atoms with van der Waals surface area (Å²) in [5.74, 6) is 1.51. The van der Waals surface area contributed by atoms with Crippen LogP contribution in [0.15, 0.2) is 70.9 Å². The Morgan fingerprint density at radius 3 is 2.50 bits per heavy atom. The van der Waals surface area contributed by atoms with Crippen LogP contribution in [0.1, 0.15) is 31.4 Å². The minimum absolute atomic E-state index is 0.563. The SMILES string of the molecule is CCCSc1nc(N/N=C(\C)c2ccccc2)c2nnn(Cc3ccccc3)c2n1. The molecule has 4 aromatic rings. The largest absolute Gasteiger partial charge is 0.259 e. The topological polar surface area (TPSA) is 80.9 Å². The van der Waals surface area contributed by atoms with Crippen LogP contribution < -0.4 is 5.43 Å². The van der Waals surface area contributed by atoms with E-state index in [-0.39, 0.29) is 0 Å². The number of benzene rings is 2. The van der Waals surface area contributed by atoms with Gasteiger partial charge in [0.1, 0.15) is 0 Å². The van der Waals surface area contributed by atoms with Gasteiger partial charge < -0.3 is 0 Å². The van der Waals surface area contributed by atoms with E-state index in [9.17, 15) is 0 Å². The fraction of sp³-hybridized carbons (Fsp3) is 0.227. The Balaban J connectivity index is 1.69. The second-order valence-electron chi connectivity index (χ2n) is 6.78. The van der Waals surface area contributed by atoms with Crippen molar-refractivity contribution in [2.45, 2.75) is 32.0 Å². The van der Waals surface area contributed by atoms with Crippen LogP contribution in [0, 0.1) is 0 Å². The van der Waals surface area contributed by atoms with Gasteiger partial charge in [-0.15, -0.1) is 5.10 Å². The molecule has 2 aromatic carbocycles. The van der Waals surface area contributed by atoms with E-state index in [1.807, 2.05) is 55.5 Å². The van der Waals surface area contributed by atoms with Gasteiger partial charge in [-0.05, 0) is 24.5 Å². The van der Waals surface area contributed by atoms with Gasteiger partial charge in [-0.1, -0.05) is 84.6 Å². The molecule has 0 saturated heterocycles. The first-order valence-corrected chi connectivity index (χ1v) is 10.9. The predicted octanol–water partition coefficient (Wildman–Crippen LogP) is 4.61. The lowest BCUT2D eigenvalue weighted by Gasteiger charge is -2.07. The Kier molecular flexibility index (Phi) is 6.34. The van der Waals surface area contributed by atoms with Crippen molar-refractivity contribution in [3.63, 3.8) is 0 Å². The van der Waals surface area contributed by atoms with Gasteiger partial charge in [0.15, 0.2) is 22.1 Å². The summed E-state index contributed by atoms with van der Waals surface area (Å²) in [7, 11) is 0. The molecule has 0 radical (unpaired) electrons. The highest BCUT2D eigenvalue weighted by molar-refractivity contribution is 7.99. The number of hydrogen-bond donors (Lipinski definition) is 1. The smallest absolute Gasteiger partial charge is 0.191 e. The number of nitrogens with zero attached hydrogens (tertiary/aromatic N) is 6. The van der Waals surface area contributed by atoms with Crippen LogP contribution in [0.2, 0.25) is 0 Å². The number of fused-ring (bicyclic) bond motifs is 1. The maximum Gasteiger partial charge on any atom is 0.191 e. The average molecular weight is 418 g/mol. The number of nitrogens with one attached hydrogen (secondary N) is 1. The summed E-state index contributed by atoms with van der Waals surface area (Å²) in [6.07, 6.45) is 1.04. The molecule has 152 valence electrons. The van der Waals surface area contributed by atoms with E-state index in [2.05, 4.69) is 44.9 Å². The van der Waals surface area contributed by atoms with Crippen LogP contribution in [0.3, 0.4) is 0 Å². The van der Waals surface area contributed by atoms with Crippen LogP contribution in [0.25, 0.3) is 11.2 Å². The van der Waals surface area contributed by atoms with Crippen LogP contribution in [0.4, 0.5) is 5.82 Å². The van der Waals surface area contributed by atoms with Gasteiger partial charge in [0.25, 0.3) is 0 Å². The van der Waals surface area contributed by atoms with Gasteiger partial charge >= 0.3 is 0 Å². The number of anilines is 1. The molecule has 1 N–H and O–H groups in total. The van der Waals surface area contributed by atoms with Gasteiger partial charge in [-0.3, -0.25) is 5.43 Å². The van der Waals surface area contributed by atoms with Crippen molar-refractivity contribution < 1.29 is 0 Å².